The van der Waals surface area contributed by atoms with E-state index < -0.39 is 5.91 Å². The number of nitrogens with two attached hydrogens (primary N) is 1. The second kappa shape index (κ2) is 8.22. The molecular weight excluding hydrogens is 368 g/mol. The minimum atomic E-state index is -0.548. The third-order valence-corrected chi connectivity index (χ3v) is 4.71. The number of anilines is 1. The lowest BCUT2D eigenvalue weighted by atomic mass is 9.98. The number of benzene rings is 2. The number of amides is 2. The second-order valence-electron chi connectivity index (χ2n) is 6.87. The van der Waals surface area contributed by atoms with Gasteiger partial charge in [0.25, 0.3) is 0 Å². The van der Waals surface area contributed by atoms with Crippen LogP contribution in [0.4, 0.5) is 5.69 Å². The highest BCUT2D eigenvalue weighted by molar-refractivity contribution is 6.05. The first-order valence-electron chi connectivity index (χ1n) is 9.35. The van der Waals surface area contributed by atoms with Crippen LogP contribution in [0.15, 0.2) is 47.1 Å². The lowest BCUT2D eigenvalue weighted by Gasteiger charge is -2.14. The molecule has 3 rings (SSSR count). The zero-order chi connectivity index (χ0) is 21.1. The smallest absolute Gasteiger partial charge is 0.248 e. The molecule has 0 atom stereocenters. The Hall–Kier alpha value is -3.54. The first kappa shape index (κ1) is 20.2. The van der Waals surface area contributed by atoms with Crippen molar-refractivity contribution in [1.82, 2.24) is 0 Å². The third-order valence-electron chi connectivity index (χ3n) is 4.71. The Morgan fingerprint density at radius 2 is 2.00 bits per heavy atom. The SMILES string of the molecule is CCOc1c(/C(C)=C/C(=O)Nc2cccc(C(N)=O)c2)cc2c(C)coc2c1C. The van der Waals surface area contributed by atoms with Gasteiger partial charge >= 0.3 is 0 Å². The van der Waals surface area contributed by atoms with Crippen LogP contribution in [0.1, 0.15) is 40.9 Å². The number of allylic oxidation sites excluding steroid dienone is 1. The standard InChI is InChI=1S/C23H24N2O4/c1-5-28-21-15(4)22-19(14(3)12-29-22)11-18(21)13(2)9-20(26)25-17-8-6-7-16(10-17)23(24)27/h6-12H,5H2,1-4H3,(H2,24,27)(H,25,26)/b13-9+. The molecule has 0 saturated heterocycles. The second-order valence-corrected chi connectivity index (χ2v) is 6.87. The van der Waals surface area contributed by atoms with Crippen LogP contribution in [0.5, 0.6) is 5.75 Å². The molecule has 1 heterocycles. The molecule has 6 nitrogen and oxygen atoms in total. The van der Waals surface area contributed by atoms with E-state index in [1.165, 1.54) is 6.08 Å². The Morgan fingerprint density at radius 1 is 1.24 bits per heavy atom. The van der Waals surface area contributed by atoms with Gasteiger partial charge in [0.05, 0.1) is 12.9 Å². The van der Waals surface area contributed by atoms with Gasteiger partial charge in [-0.1, -0.05) is 6.07 Å². The van der Waals surface area contributed by atoms with E-state index in [9.17, 15) is 9.59 Å². The van der Waals surface area contributed by atoms with Crippen LogP contribution < -0.4 is 15.8 Å². The van der Waals surface area contributed by atoms with E-state index in [1.54, 1.807) is 30.5 Å². The Labute approximate surface area is 169 Å². The van der Waals surface area contributed by atoms with Crippen LogP contribution in [0.3, 0.4) is 0 Å². The van der Waals surface area contributed by atoms with Gasteiger partial charge in [0, 0.05) is 33.8 Å². The van der Waals surface area contributed by atoms with Crippen molar-refractivity contribution in [3.8, 4) is 5.75 Å². The summed E-state index contributed by atoms with van der Waals surface area (Å²) >= 11 is 0. The average molecular weight is 392 g/mol. The summed E-state index contributed by atoms with van der Waals surface area (Å²) in [7, 11) is 0. The highest BCUT2D eigenvalue weighted by Gasteiger charge is 2.17. The Balaban J connectivity index is 1.96. The number of aryl methyl sites for hydroxylation is 2. The van der Waals surface area contributed by atoms with Crippen LogP contribution in [0.2, 0.25) is 0 Å². The van der Waals surface area contributed by atoms with E-state index in [-0.39, 0.29) is 5.91 Å². The van der Waals surface area contributed by atoms with Crippen molar-refractivity contribution < 1.29 is 18.7 Å². The maximum Gasteiger partial charge on any atom is 0.248 e. The van der Waals surface area contributed by atoms with E-state index in [0.29, 0.717) is 23.6 Å². The Bertz CT molecular complexity index is 1130. The third kappa shape index (κ3) is 4.16. The molecule has 0 aliphatic carbocycles. The summed E-state index contributed by atoms with van der Waals surface area (Å²) in [5, 5.41) is 3.75. The van der Waals surface area contributed by atoms with Crippen molar-refractivity contribution in [2.45, 2.75) is 27.7 Å². The fourth-order valence-electron chi connectivity index (χ4n) is 3.26. The summed E-state index contributed by atoms with van der Waals surface area (Å²) in [6.45, 7) is 8.20. The predicted octanol–water partition coefficient (Wildman–Crippen LogP) is 4.59. The van der Waals surface area contributed by atoms with Gasteiger partial charge in [-0.15, -0.1) is 0 Å². The maximum absolute atomic E-state index is 12.5. The molecular formula is C23H24N2O4. The zero-order valence-corrected chi connectivity index (χ0v) is 17.0. The number of carbonyl (C=O) groups excluding carboxylic acids is 2. The molecule has 150 valence electrons. The quantitative estimate of drug-likeness (QED) is 0.600. The summed E-state index contributed by atoms with van der Waals surface area (Å²) in [6, 6.07) is 8.49. The summed E-state index contributed by atoms with van der Waals surface area (Å²) in [5.74, 6) is -0.159. The van der Waals surface area contributed by atoms with Gasteiger partial charge in [0.2, 0.25) is 11.8 Å². The Morgan fingerprint density at radius 3 is 2.69 bits per heavy atom. The van der Waals surface area contributed by atoms with Crippen LogP contribution in [0, 0.1) is 13.8 Å². The van der Waals surface area contributed by atoms with E-state index in [0.717, 1.165) is 33.2 Å². The first-order valence-corrected chi connectivity index (χ1v) is 9.35. The van der Waals surface area contributed by atoms with Gasteiger partial charge < -0.3 is 20.2 Å². The summed E-state index contributed by atoms with van der Waals surface area (Å²) < 4.78 is 11.5. The molecule has 3 N–H and O–H groups in total. The summed E-state index contributed by atoms with van der Waals surface area (Å²) in [6.07, 6.45) is 3.23. The van der Waals surface area contributed by atoms with Crippen LogP contribution in [0.25, 0.3) is 16.5 Å². The molecule has 3 aromatic rings. The number of nitrogens with one attached hydrogen (secondary N) is 1. The van der Waals surface area contributed by atoms with E-state index in [1.807, 2.05) is 33.8 Å². The normalized spacial score (nSPS) is 11.5. The van der Waals surface area contributed by atoms with Gasteiger partial charge in [0.15, 0.2) is 0 Å². The lowest BCUT2D eigenvalue weighted by Crippen LogP contribution is -2.13. The molecule has 0 aliphatic rings. The summed E-state index contributed by atoms with van der Waals surface area (Å²) in [4.78, 5) is 23.9. The fraction of sp³-hybridized carbons (Fsp3) is 0.217. The number of furan rings is 1. The van der Waals surface area contributed by atoms with Crippen molar-refractivity contribution >= 4 is 34.0 Å². The number of hydrogen-bond acceptors (Lipinski definition) is 4. The number of carbonyl (C=O) groups is 2. The predicted molar refractivity (Wildman–Crippen MR) is 114 cm³/mol. The van der Waals surface area contributed by atoms with Gasteiger partial charge in [-0.25, -0.2) is 0 Å². The van der Waals surface area contributed by atoms with E-state index in [2.05, 4.69) is 5.32 Å². The van der Waals surface area contributed by atoms with Gasteiger partial charge in [-0.05, 0) is 63.1 Å². The molecule has 0 aliphatic heterocycles. The minimum Gasteiger partial charge on any atom is -0.493 e. The molecule has 0 bridgehead atoms. The molecule has 2 aromatic carbocycles. The molecule has 29 heavy (non-hydrogen) atoms. The van der Waals surface area contributed by atoms with E-state index in [4.69, 9.17) is 14.9 Å². The molecule has 0 unspecified atom stereocenters. The molecule has 0 saturated carbocycles. The minimum absolute atomic E-state index is 0.312. The maximum atomic E-state index is 12.5. The van der Waals surface area contributed by atoms with E-state index >= 15 is 0 Å². The van der Waals surface area contributed by atoms with Crippen molar-refractivity contribution in [1.29, 1.82) is 0 Å². The fourth-order valence-corrected chi connectivity index (χ4v) is 3.26. The van der Waals surface area contributed by atoms with Crippen LogP contribution >= 0.6 is 0 Å². The number of ether oxygens (including phenoxy) is 1. The molecule has 6 heteroatoms. The van der Waals surface area contributed by atoms with Crippen molar-refractivity contribution in [3.63, 3.8) is 0 Å². The molecule has 1 aromatic heterocycles. The van der Waals surface area contributed by atoms with Crippen molar-refractivity contribution in [2.24, 2.45) is 5.73 Å². The lowest BCUT2D eigenvalue weighted by molar-refractivity contribution is -0.111. The zero-order valence-electron chi connectivity index (χ0n) is 17.0. The topological polar surface area (TPSA) is 94.6 Å². The summed E-state index contributed by atoms with van der Waals surface area (Å²) in [5.41, 5.74) is 10.4. The highest BCUT2D eigenvalue weighted by atomic mass is 16.5. The van der Waals surface area contributed by atoms with Gasteiger partial charge in [-0.3, -0.25) is 9.59 Å². The largest absolute Gasteiger partial charge is 0.493 e. The van der Waals surface area contributed by atoms with Crippen LogP contribution in [-0.2, 0) is 4.79 Å². The average Bonchev–Trinajstić information content (AvgIpc) is 3.05. The molecule has 0 spiro atoms. The monoisotopic (exact) mass is 392 g/mol. The molecule has 0 fully saturated rings. The Kier molecular flexibility index (Phi) is 5.73. The first-order chi connectivity index (χ1) is 13.8. The highest BCUT2D eigenvalue weighted by Crippen LogP contribution is 2.37. The molecule has 0 radical (unpaired) electrons. The van der Waals surface area contributed by atoms with Gasteiger partial charge in [0.1, 0.15) is 11.3 Å². The number of rotatable bonds is 6. The number of hydrogen-bond donors (Lipinski definition) is 2. The van der Waals surface area contributed by atoms with Crippen LogP contribution in [-0.4, -0.2) is 18.4 Å². The van der Waals surface area contributed by atoms with Gasteiger partial charge in [-0.2, -0.15) is 0 Å². The number of primary amides is 1. The number of fused-ring (bicyclic) bond motifs is 1. The van der Waals surface area contributed by atoms with Crippen molar-refractivity contribution in [2.75, 3.05) is 11.9 Å². The van der Waals surface area contributed by atoms with Crippen molar-refractivity contribution in [3.05, 3.63) is 64.9 Å². The molecule has 2 amide bonds.